The van der Waals surface area contributed by atoms with Gasteiger partial charge in [-0.3, -0.25) is 0 Å². The van der Waals surface area contributed by atoms with Gasteiger partial charge < -0.3 is 5.84 Å². The van der Waals surface area contributed by atoms with Crippen LogP contribution in [0.4, 0.5) is 0 Å². The van der Waals surface area contributed by atoms with Crippen molar-refractivity contribution in [2.45, 2.75) is 43.3 Å². The minimum absolute atomic E-state index is 0.654. The molecule has 1 unspecified atom stereocenters. The Labute approximate surface area is 136 Å². The number of rotatable bonds is 2. The number of fused-ring (bicyclic) bond motifs is 3. The molecule has 1 aliphatic carbocycles. The summed E-state index contributed by atoms with van der Waals surface area (Å²) in [5.74, 6) is 7.39. The van der Waals surface area contributed by atoms with E-state index in [2.05, 4.69) is 27.1 Å². The number of hydrogen-bond donors (Lipinski definition) is 1. The molecule has 8 heteroatoms. The maximum absolute atomic E-state index is 5.96. The van der Waals surface area contributed by atoms with E-state index in [9.17, 15) is 0 Å². The molecule has 0 radical (unpaired) electrons. The number of nitrogens with two attached hydrogens (primary N) is 1. The Balaban J connectivity index is 1.83. The minimum Gasteiger partial charge on any atom is -0.336 e. The molecule has 0 aromatic carbocycles. The summed E-state index contributed by atoms with van der Waals surface area (Å²) in [6.07, 6.45) is 5.10. The zero-order valence-corrected chi connectivity index (χ0v) is 14.0. The molecule has 0 saturated heterocycles. The zero-order chi connectivity index (χ0) is 15.3. The quantitative estimate of drug-likeness (QED) is 0.574. The molecule has 0 bridgehead atoms. The highest BCUT2D eigenvalue weighted by Crippen LogP contribution is 2.41. The summed E-state index contributed by atoms with van der Waals surface area (Å²) in [5.41, 5.74) is 1.42. The van der Waals surface area contributed by atoms with Crippen LogP contribution in [0.3, 0.4) is 0 Å². The van der Waals surface area contributed by atoms with Crippen molar-refractivity contribution >= 4 is 33.3 Å². The number of aromatic nitrogens is 5. The van der Waals surface area contributed by atoms with E-state index in [1.807, 2.05) is 6.92 Å². The lowest BCUT2D eigenvalue weighted by atomic mass is 9.89. The number of nitrogens with zero attached hydrogens (tertiary/aromatic N) is 5. The van der Waals surface area contributed by atoms with E-state index in [-0.39, 0.29) is 0 Å². The van der Waals surface area contributed by atoms with Gasteiger partial charge in [-0.1, -0.05) is 6.92 Å². The van der Waals surface area contributed by atoms with Crippen LogP contribution in [0.2, 0.25) is 0 Å². The Kier molecular flexibility index (Phi) is 3.30. The van der Waals surface area contributed by atoms with Crippen LogP contribution in [0, 0.1) is 12.8 Å². The van der Waals surface area contributed by atoms with Crippen molar-refractivity contribution in [1.29, 1.82) is 0 Å². The number of aryl methyl sites for hydroxylation is 2. The molecular weight excluding hydrogens is 316 g/mol. The molecule has 1 atom stereocenters. The summed E-state index contributed by atoms with van der Waals surface area (Å²) in [7, 11) is 0. The zero-order valence-electron chi connectivity index (χ0n) is 12.4. The fraction of sp³-hybridized carbons (Fsp3) is 0.429. The first kappa shape index (κ1) is 14.0. The smallest absolute Gasteiger partial charge is 0.216 e. The molecule has 0 spiro atoms. The number of nitrogen functional groups attached to an aromatic ring is 1. The van der Waals surface area contributed by atoms with Crippen molar-refractivity contribution < 1.29 is 0 Å². The molecule has 114 valence electrons. The van der Waals surface area contributed by atoms with E-state index in [1.165, 1.54) is 38.7 Å². The van der Waals surface area contributed by atoms with E-state index in [1.54, 1.807) is 17.7 Å². The Bertz CT molecular complexity index is 853. The van der Waals surface area contributed by atoms with Crippen molar-refractivity contribution in [2.75, 3.05) is 5.84 Å². The van der Waals surface area contributed by atoms with Crippen LogP contribution in [-0.4, -0.2) is 24.8 Å². The van der Waals surface area contributed by atoms with Crippen molar-refractivity contribution in [3.05, 3.63) is 22.6 Å². The maximum atomic E-state index is 5.96. The Morgan fingerprint density at radius 2 is 2.23 bits per heavy atom. The fourth-order valence-electron chi connectivity index (χ4n) is 2.83. The first-order chi connectivity index (χ1) is 10.6. The van der Waals surface area contributed by atoms with E-state index >= 15 is 0 Å². The summed E-state index contributed by atoms with van der Waals surface area (Å²) >= 11 is 3.26. The molecule has 4 rings (SSSR count). The van der Waals surface area contributed by atoms with Gasteiger partial charge in [-0.15, -0.1) is 21.5 Å². The van der Waals surface area contributed by atoms with Gasteiger partial charge in [-0.05, 0) is 49.4 Å². The average molecular weight is 332 g/mol. The number of hydrogen-bond acceptors (Lipinski definition) is 7. The second-order valence-electron chi connectivity index (χ2n) is 5.71. The van der Waals surface area contributed by atoms with Crippen molar-refractivity contribution in [2.24, 2.45) is 5.92 Å². The molecule has 22 heavy (non-hydrogen) atoms. The van der Waals surface area contributed by atoms with Gasteiger partial charge in [0.25, 0.3) is 0 Å². The van der Waals surface area contributed by atoms with Gasteiger partial charge in [0.1, 0.15) is 22.0 Å². The van der Waals surface area contributed by atoms with Crippen LogP contribution in [-0.2, 0) is 12.8 Å². The molecule has 6 nitrogen and oxygen atoms in total. The standard InChI is InChI=1S/C14H16N6S2/c1-7-3-4-9-10(5-7)21-12-11(9)13(17-6-16-12)22-14-19-18-8(2)20(14)15/h6-7H,3-5,15H2,1-2H3. The topological polar surface area (TPSA) is 82.5 Å². The van der Waals surface area contributed by atoms with Crippen LogP contribution in [0.25, 0.3) is 10.2 Å². The predicted molar refractivity (Wildman–Crippen MR) is 87.6 cm³/mol. The lowest BCUT2D eigenvalue weighted by Crippen LogP contribution is -2.11. The summed E-state index contributed by atoms with van der Waals surface area (Å²) in [6, 6.07) is 0. The highest BCUT2D eigenvalue weighted by molar-refractivity contribution is 7.99. The molecular formula is C14H16N6S2. The van der Waals surface area contributed by atoms with Crippen LogP contribution in [0.5, 0.6) is 0 Å². The fourth-order valence-corrected chi connectivity index (χ4v) is 5.15. The molecule has 0 saturated carbocycles. The maximum Gasteiger partial charge on any atom is 0.216 e. The van der Waals surface area contributed by atoms with Crippen LogP contribution < -0.4 is 5.84 Å². The van der Waals surface area contributed by atoms with Gasteiger partial charge in [0.15, 0.2) is 0 Å². The van der Waals surface area contributed by atoms with E-state index in [4.69, 9.17) is 5.84 Å². The lowest BCUT2D eigenvalue weighted by molar-refractivity contribution is 0.509. The second kappa shape index (κ2) is 5.20. The second-order valence-corrected chi connectivity index (χ2v) is 7.75. The highest BCUT2D eigenvalue weighted by Gasteiger charge is 2.24. The largest absolute Gasteiger partial charge is 0.336 e. The predicted octanol–water partition coefficient (Wildman–Crippen LogP) is 2.58. The summed E-state index contributed by atoms with van der Waals surface area (Å²) in [6.45, 7) is 4.15. The summed E-state index contributed by atoms with van der Waals surface area (Å²) in [4.78, 5) is 11.5. The van der Waals surface area contributed by atoms with Crippen LogP contribution in [0.1, 0.15) is 29.6 Å². The third-order valence-corrected chi connectivity index (χ3v) is 6.21. The highest BCUT2D eigenvalue weighted by atomic mass is 32.2. The SMILES string of the molecule is Cc1nnc(Sc2ncnc3sc4c(c23)CCC(C)C4)n1N. The minimum atomic E-state index is 0.654. The molecule has 2 N–H and O–H groups in total. The molecule has 0 amide bonds. The van der Waals surface area contributed by atoms with Gasteiger partial charge in [0.2, 0.25) is 5.16 Å². The monoisotopic (exact) mass is 332 g/mol. The van der Waals surface area contributed by atoms with Gasteiger partial charge in [-0.25, -0.2) is 14.6 Å². The number of thiophene rings is 1. The summed E-state index contributed by atoms with van der Waals surface area (Å²) < 4.78 is 1.50. The van der Waals surface area contributed by atoms with Gasteiger partial charge in [0, 0.05) is 10.3 Å². The van der Waals surface area contributed by atoms with Crippen LogP contribution in [0.15, 0.2) is 16.5 Å². The summed E-state index contributed by atoms with van der Waals surface area (Å²) in [5, 5.41) is 10.9. The molecule has 3 aromatic rings. The Morgan fingerprint density at radius 3 is 3.00 bits per heavy atom. The van der Waals surface area contributed by atoms with Crippen molar-refractivity contribution in [3.63, 3.8) is 0 Å². The average Bonchev–Trinajstić information content (AvgIpc) is 3.02. The Morgan fingerprint density at radius 1 is 1.36 bits per heavy atom. The lowest BCUT2D eigenvalue weighted by Gasteiger charge is -2.18. The normalized spacial score (nSPS) is 17.8. The van der Waals surface area contributed by atoms with Gasteiger partial charge in [-0.2, -0.15) is 0 Å². The van der Waals surface area contributed by atoms with Crippen molar-refractivity contribution in [3.8, 4) is 0 Å². The van der Waals surface area contributed by atoms with E-state index < -0.39 is 0 Å². The molecule has 0 fully saturated rings. The molecule has 3 heterocycles. The molecule has 1 aliphatic rings. The van der Waals surface area contributed by atoms with Gasteiger partial charge in [0.05, 0.1) is 0 Å². The first-order valence-electron chi connectivity index (χ1n) is 7.23. The third-order valence-electron chi connectivity index (χ3n) is 4.08. The van der Waals surface area contributed by atoms with Crippen LogP contribution >= 0.6 is 23.1 Å². The third kappa shape index (κ3) is 2.17. The van der Waals surface area contributed by atoms with Crippen molar-refractivity contribution in [1.82, 2.24) is 24.8 Å². The Hall–Kier alpha value is -1.67. The molecule has 0 aliphatic heterocycles. The van der Waals surface area contributed by atoms with E-state index in [0.29, 0.717) is 11.0 Å². The first-order valence-corrected chi connectivity index (χ1v) is 8.87. The van der Waals surface area contributed by atoms with Gasteiger partial charge >= 0.3 is 0 Å². The molecule has 3 aromatic heterocycles. The van der Waals surface area contributed by atoms with E-state index in [0.717, 1.165) is 28.6 Å².